The zero-order valence-corrected chi connectivity index (χ0v) is 18.7. The van der Waals surface area contributed by atoms with Crippen LogP contribution in [-0.2, 0) is 13.1 Å². The number of nitrogens with one attached hydrogen (secondary N) is 1. The van der Waals surface area contributed by atoms with Crippen molar-refractivity contribution in [3.8, 4) is 0 Å². The summed E-state index contributed by atoms with van der Waals surface area (Å²) in [6, 6.07) is 14.8. The summed E-state index contributed by atoms with van der Waals surface area (Å²) in [6.45, 7) is 8.23. The van der Waals surface area contributed by atoms with Gasteiger partial charge in [-0.05, 0) is 74.2 Å². The molecule has 1 fully saturated rings. The number of benzene rings is 2. The van der Waals surface area contributed by atoms with E-state index in [-0.39, 0.29) is 24.0 Å². The van der Waals surface area contributed by atoms with Crippen LogP contribution in [0.3, 0.4) is 0 Å². The zero-order valence-electron chi connectivity index (χ0n) is 16.4. The average molecular weight is 478 g/mol. The zero-order chi connectivity index (χ0) is 18.4. The number of nitrogens with two attached hydrogens (primary N) is 1. The minimum atomic E-state index is 0. The number of aryl methyl sites for hydroxylation is 2. The van der Waals surface area contributed by atoms with E-state index in [1.165, 1.54) is 54.6 Å². The molecule has 0 aliphatic carbocycles. The van der Waals surface area contributed by atoms with Gasteiger partial charge in [-0.25, -0.2) is 4.99 Å². The highest BCUT2D eigenvalue weighted by molar-refractivity contribution is 14.0. The van der Waals surface area contributed by atoms with Crippen molar-refractivity contribution >= 4 is 35.6 Å². The Morgan fingerprint density at radius 3 is 2.41 bits per heavy atom. The number of anilines is 1. The molecule has 4 nitrogen and oxygen atoms in total. The molecule has 146 valence electrons. The molecule has 1 aliphatic rings. The third-order valence-electron chi connectivity index (χ3n) is 5.16. The predicted octanol–water partition coefficient (Wildman–Crippen LogP) is 4.83. The van der Waals surface area contributed by atoms with E-state index in [0.29, 0.717) is 12.5 Å². The lowest BCUT2D eigenvalue weighted by Gasteiger charge is -2.27. The number of nitrogens with zero attached hydrogens (tertiary/aromatic N) is 2. The van der Waals surface area contributed by atoms with Crippen LogP contribution >= 0.6 is 24.0 Å². The van der Waals surface area contributed by atoms with E-state index in [2.05, 4.69) is 65.5 Å². The van der Waals surface area contributed by atoms with Crippen molar-refractivity contribution in [3.05, 3.63) is 64.7 Å². The summed E-state index contributed by atoms with van der Waals surface area (Å²) in [5.41, 5.74) is 12.2. The predicted molar refractivity (Wildman–Crippen MR) is 126 cm³/mol. The van der Waals surface area contributed by atoms with Gasteiger partial charge < -0.3 is 11.1 Å². The summed E-state index contributed by atoms with van der Waals surface area (Å²) in [6.07, 6.45) is 3.99. The molecule has 0 amide bonds. The Morgan fingerprint density at radius 1 is 1.00 bits per heavy atom. The molecule has 3 rings (SSSR count). The van der Waals surface area contributed by atoms with Gasteiger partial charge in [-0.1, -0.05) is 36.8 Å². The van der Waals surface area contributed by atoms with Gasteiger partial charge in [-0.3, -0.25) is 4.90 Å². The number of guanidine groups is 1. The summed E-state index contributed by atoms with van der Waals surface area (Å²) in [5, 5.41) is 3.20. The number of aliphatic imine (C=N–C) groups is 1. The molecule has 1 saturated heterocycles. The standard InChI is InChI=1S/C22H30N4.HI/c1-17-10-11-21(14-18(17)2)25-22(23)24-15-19-8-4-5-9-20(19)16-26-12-6-3-7-13-26;/h4-5,8-11,14H,3,6-7,12-13,15-16H2,1-2H3,(H3,23,24,25);1H. The number of halogens is 1. The Kier molecular flexibility index (Phi) is 8.57. The fourth-order valence-corrected chi connectivity index (χ4v) is 3.40. The first-order valence-electron chi connectivity index (χ1n) is 9.55. The van der Waals surface area contributed by atoms with Gasteiger partial charge in [0, 0.05) is 12.2 Å². The molecule has 1 heterocycles. The van der Waals surface area contributed by atoms with E-state index in [1.807, 2.05) is 6.07 Å². The van der Waals surface area contributed by atoms with Gasteiger partial charge in [0.15, 0.2) is 5.96 Å². The minimum Gasteiger partial charge on any atom is -0.370 e. The van der Waals surface area contributed by atoms with Crippen LogP contribution in [0.25, 0.3) is 0 Å². The molecule has 0 aromatic heterocycles. The Balaban J connectivity index is 0.00000261. The van der Waals surface area contributed by atoms with Crippen molar-refractivity contribution in [3.63, 3.8) is 0 Å². The molecule has 27 heavy (non-hydrogen) atoms. The smallest absolute Gasteiger partial charge is 0.193 e. The first kappa shape index (κ1) is 21.7. The average Bonchev–Trinajstić information content (AvgIpc) is 2.65. The fraction of sp³-hybridized carbons (Fsp3) is 0.409. The Morgan fingerprint density at radius 2 is 1.70 bits per heavy atom. The van der Waals surface area contributed by atoms with Gasteiger partial charge in [-0.2, -0.15) is 0 Å². The summed E-state index contributed by atoms with van der Waals surface area (Å²) in [5.74, 6) is 0.459. The summed E-state index contributed by atoms with van der Waals surface area (Å²) in [4.78, 5) is 7.10. The van der Waals surface area contributed by atoms with E-state index in [1.54, 1.807) is 0 Å². The Bertz CT molecular complexity index is 767. The summed E-state index contributed by atoms with van der Waals surface area (Å²) >= 11 is 0. The number of piperidine rings is 1. The van der Waals surface area contributed by atoms with Gasteiger partial charge in [0.25, 0.3) is 0 Å². The maximum absolute atomic E-state index is 6.10. The molecular formula is C22H31IN4. The molecule has 1 aliphatic heterocycles. The van der Waals surface area contributed by atoms with Crippen LogP contribution in [0.15, 0.2) is 47.5 Å². The number of hydrogen-bond acceptors (Lipinski definition) is 2. The Labute approximate surface area is 180 Å². The van der Waals surface area contributed by atoms with Crippen molar-refractivity contribution in [1.29, 1.82) is 0 Å². The summed E-state index contributed by atoms with van der Waals surface area (Å²) < 4.78 is 0. The molecule has 3 N–H and O–H groups in total. The first-order valence-corrected chi connectivity index (χ1v) is 9.55. The highest BCUT2D eigenvalue weighted by atomic mass is 127. The van der Waals surface area contributed by atoms with E-state index < -0.39 is 0 Å². The van der Waals surface area contributed by atoms with Crippen LogP contribution < -0.4 is 11.1 Å². The topological polar surface area (TPSA) is 53.6 Å². The van der Waals surface area contributed by atoms with Gasteiger partial charge in [0.2, 0.25) is 0 Å². The van der Waals surface area contributed by atoms with Crippen molar-refractivity contribution in [2.24, 2.45) is 10.7 Å². The summed E-state index contributed by atoms with van der Waals surface area (Å²) in [7, 11) is 0. The number of rotatable bonds is 5. The lowest BCUT2D eigenvalue weighted by Crippen LogP contribution is -2.29. The second-order valence-corrected chi connectivity index (χ2v) is 7.23. The maximum Gasteiger partial charge on any atom is 0.193 e. The highest BCUT2D eigenvalue weighted by Gasteiger charge is 2.12. The Hall–Kier alpha value is -1.60. The van der Waals surface area contributed by atoms with Crippen LogP contribution in [0.2, 0.25) is 0 Å². The van der Waals surface area contributed by atoms with Gasteiger partial charge in [0.1, 0.15) is 0 Å². The van der Waals surface area contributed by atoms with Crippen LogP contribution in [0, 0.1) is 13.8 Å². The molecule has 0 spiro atoms. The minimum absolute atomic E-state index is 0. The van der Waals surface area contributed by atoms with Crippen LogP contribution in [0.4, 0.5) is 5.69 Å². The fourth-order valence-electron chi connectivity index (χ4n) is 3.40. The molecule has 5 heteroatoms. The second kappa shape index (κ2) is 10.7. The first-order chi connectivity index (χ1) is 12.6. The third kappa shape index (κ3) is 6.50. The molecule has 0 atom stereocenters. The van der Waals surface area contributed by atoms with Gasteiger partial charge in [-0.15, -0.1) is 24.0 Å². The van der Waals surface area contributed by atoms with Crippen LogP contribution in [-0.4, -0.2) is 23.9 Å². The quantitative estimate of drug-likeness (QED) is 0.368. The van der Waals surface area contributed by atoms with Gasteiger partial charge >= 0.3 is 0 Å². The van der Waals surface area contributed by atoms with Crippen molar-refractivity contribution < 1.29 is 0 Å². The monoisotopic (exact) mass is 478 g/mol. The molecule has 2 aromatic rings. The molecule has 0 saturated carbocycles. The van der Waals surface area contributed by atoms with Crippen molar-refractivity contribution in [2.45, 2.75) is 46.2 Å². The van der Waals surface area contributed by atoms with Crippen LogP contribution in [0.1, 0.15) is 41.5 Å². The molecule has 2 aromatic carbocycles. The molecular weight excluding hydrogens is 447 g/mol. The van der Waals surface area contributed by atoms with E-state index >= 15 is 0 Å². The van der Waals surface area contributed by atoms with E-state index in [4.69, 9.17) is 5.73 Å². The maximum atomic E-state index is 6.10. The normalized spacial score (nSPS) is 15.3. The SMILES string of the molecule is Cc1ccc(NC(N)=NCc2ccccc2CN2CCCCC2)cc1C.I. The lowest BCUT2D eigenvalue weighted by molar-refractivity contribution is 0.220. The van der Waals surface area contributed by atoms with Crippen molar-refractivity contribution in [2.75, 3.05) is 18.4 Å². The lowest BCUT2D eigenvalue weighted by atomic mass is 10.1. The third-order valence-corrected chi connectivity index (χ3v) is 5.16. The molecule has 0 unspecified atom stereocenters. The second-order valence-electron chi connectivity index (χ2n) is 7.23. The van der Waals surface area contributed by atoms with E-state index in [0.717, 1.165) is 12.2 Å². The molecule has 0 radical (unpaired) electrons. The number of hydrogen-bond donors (Lipinski definition) is 2. The van der Waals surface area contributed by atoms with Crippen LogP contribution in [0.5, 0.6) is 0 Å². The van der Waals surface area contributed by atoms with Gasteiger partial charge in [0.05, 0.1) is 6.54 Å². The highest BCUT2D eigenvalue weighted by Crippen LogP contribution is 2.17. The molecule has 0 bridgehead atoms. The largest absolute Gasteiger partial charge is 0.370 e. The van der Waals surface area contributed by atoms with E-state index in [9.17, 15) is 0 Å². The van der Waals surface area contributed by atoms with Crippen molar-refractivity contribution in [1.82, 2.24) is 4.90 Å². The number of likely N-dealkylation sites (tertiary alicyclic amines) is 1.